The molecule has 0 aliphatic carbocycles. The van der Waals surface area contributed by atoms with E-state index < -0.39 is 26.5 Å². The van der Waals surface area contributed by atoms with Crippen LogP contribution in [0.2, 0.25) is 0 Å². The van der Waals surface area contributed by atoms with Gasteiger partial charge in [0.05, 0.1) is 13.2 Å². The molecule has 0 spiro atoms. The van der Waals surface area contributed by atoms with Crippen molar-refractivity contribution in [1.82, 2.24) is 0 Å². The van der Waals surface area contributed by atoms with E-state index in [0.29, 0.717) is 6.42 Å². The van der Waals surface area contributed by atoms with Crippen molar-refractivity contribution in [2.75, 3.05) is 26.4 Å². The lowest BCUT2D eigenvalue weighted by molar-refractivity contribution is -0.161. The van der Waals surface area contributed by atoms with Crippen LogP contribution in [-0.4, -0.2) is 49.3 Å². The van der Waals surface area contributed by atoms with Gasteiger partial charge >= 0.3 is 19.8 Å². The highest BCUT2D eigenvalue weighted by Gasteiger charge is 2.26. The molecule has 0 aliphatic heterocycles. The molecule has 3 N–H and O–H groups in total. The minimum atomic E-state index is -4.39. The fraction of sp³-hybridized carbons (Fsp3) is 0.815. The van der Waals surface area contributed by atoms with Crippen molar-refractivity contribution in [2.45, 2.75) is 315 Å². The maximum Gasteiger partial charge on any atom is 0.472 e. The van der Waals surface area contributed by atoms with Crippen molar-refractivity contribution >= 4 is 19.8 Å². The number of hydrogen-bond donors (Lipinski definition) is 2. The highest BCUT2D eigenvalue weighted by molar-refractivity contribution is 7.47. The molecule has 0 radical (unpaired) electrons. The molecule has 0 amide bonds. The van der Waals surface area contributed by atoms with E-state index in [9.17, 15) is 19.0 Å². The van der Waals surface area contributed by atoms with Gasteiger partial charge in [-0.3, -0.25) is 18.6 Å². The Labute approximate surface area is 463 Å². The Balaban J connectivity index is 3.92. The van der Waals surface area contributed by atoms with Crippen LogP contribution >= 0.6 is 7.82 Å². The molecule has 2 unspecified atom stereocenters. The zero-order valence-electron chi connectivity index (χ0n) is 49.0. The Morgan fingerprint density at radius 2 is 0.693 bits per heavy atom. The summed E-state index contributed by atoms with van der Waals surface area (Å²) >= 11 is 0. The third-order valence-corrected chi connectivity index (χ3v) is 14.9. The molecule has 0 bridgehead atoms. The molecular weight excluding hydrogens is 954 g/mol. The number of hydrogen-bond acceptors (Lipinski definition) is 8. The van der Waals surface area contributed by atoms with Gasteiger partial charge in [0.1, 0.15) is 6.61 Å². The van der Waals surface area contributed by atoms with Crippen LogP contribution in [0.4, 0.5) is 0 Å². The molecule has 0 aromatic rings. The minimum absolute atomic E-state index is 0.0521. The van der Waals surface area contributed by atoms with Gasteiger partial charge in [0.15, 0.2) is 6.10 Å². The van der Waals surface area contributed by atoms with Crippen LogP contribution in [0.15, 0.2) is 60.8 Å². The number of phosphoric acid groups is 1. The van der Waals surface area contributed by atoms with Crippen LogP contribution in [0.1, 0.15) is 309 Å². The predicted octanol–water partition coefficient (Wildman–Crippen LogP) is 20.3. The van der Waals surface area contributed by atoms with Crippen molar-refractivity contribution < 1.29 is 37.6 Å². The minimum Gasteiger partial charge on any atom is -0.462 e. The first kappa shape index (κ1) is 72.7. The largest absolute Gasteiger partial charge is 0.472 e. The van der Waals surface area contributed by atoms with Crippen molar-refractivity contribution in [3.8, 4) is 0 Å². The lowest BCUT2D eigenvalue weighted by Crippen LogP contribution is -2.29. The zero-order chi connectivity index (χ0) is 54.5. The summed E-state index contributed by atoms with van der Waals surface area (Å²) in [5.74, 6) is -0.821. The number of unbranched alkanes of at least 4 members (excludes halogenated alkanes) is 37. The molecule has 75 heavy (non-hydrogen) atoms. The van der Waals surface area contributed by atoms with Crippen LogP contribution in [0.5, 0.6) is 0 Å². The van der Waals surface area contributed by atoms with E-state index in [4.69, 9.17) is 24.3 Å². The molecule has 0 aromatic carbocycles. The summed E-state index contributed by atoms with van der Waals surface area (Å²) in [5, 5.41) is 0. The van der Waals surface area contributed by atoms with E-state index in [1.165, 1.54) is 212 Å². The molecule has 9 nitrogen and oxygen atoms in total. The van der Waals surface area contributed by atoms with E-state index in [-0.39, 0.29) is 38.6 Å². The molecule has 438 valence electrons. The average Bonchev–Trinajstić information content (AvgIpc) is 3.40. The smallest absolute Gasteiger partial charge is 0.462 e. The van der Waals surface area contributed by atoms with Gasteiger partial charge in [0, 0.05) is 19.4 Å². The molecule has 0 saturated carbocycles. The quantitative estimate of drug-likeness (QED) is 0.0264. The molecular formula is C65H120NO8P. The third kappa shape index (κ3) is 60.8. The summed E-state index contributed by atoms with van der Waals surface area (Å²) < 4.78 is 33.1. The van der Waals surface area contributed by atoms with Crippen LogP contribution in [0.25, 0.3) is 0 Å². The van der Waals surface area contributed by atoms with E-state index in [2.05, 4.69) is 74.6 Å². The topological polar surface area (TPSA) is 134 Å². The molecule has 0 aromatic heterocycles. The number of nitrogens with two attached hydrogens (primary N) is 1. The predicted molar refractivity (Wildman–Crippen MR) is 321 cm³/mol. The number of carbonyl (C=O) groups is 2. The van der Waals surface area contributed by atoms with Crippen molar-refractivity contribution in [3.05, 3.63) is 60.8 Å². The van der Waals surface area contributed by atoms with Crippen molar-refractivity contribution in [2.24, 2.45) is 5.73 Å². The molecule has 0 fully saturated rings. The second kappa shape index (κ2) is 60.9. The van der Waals surface area contributed by atoms with E-state index in [0.717, 1.165) is 64.2 Å². The monoisotopic (exact) mass is 1070 g/mol. The summed E-state index contributed by atoms with van der Waals surface area (Å²) in [7, 11) is -4.39. The van der Waals surface area contributed by atoms with E-state index in [1.54, 1.807) is 0 Å². The first-order valence-corrected chi connectivity index (χ1v) is 33.3. The second-order valence-electron chi connectivity index (χ2n) is 21.3. The maximum absolute atomic E-state index is 12.7. The Hall–Kier alpha value is -2.29. The molecule has 0 aliphatic rings. The molecule has 0 rings (SSSR count). The Morgan fingerprint density at radius 3 is 1.03 bits per heavy atom. The third-order valence-electron chi connectivity index (χ3n) is 13.9. The number of ether oxygens (including phenoxy) is 2. The lowest BCUT2D eigenvalue weighted by Gasteiger charge is -2.19. The summed E-state index contributed by atoms with van der Waals surface area (Å²) in [6, 6.07) is 0. The van der Waals surface area contributed by atoms with Crippen molar-refractivity contribution in [1.29, 1.82) is 0 Å². The summed E-state index contributed by atoms with van der Waals surface area (Å²) in [6.45, 7) is 3.76. The number of phosphoric ester groups is 1. The van der Waals surface area contributed by atoms with Gasteiger partial charge in [-0.15, -0.1) is 0 Å². The highest BCUT2D eigenvalue weighted by atomic mass is 31.2. The second-order valence-corrected chi connectivity index (χ2v) is 22.7. The van der Waals surface area contributed by atoms with E-state index >= 15 is 0 Å². The van der Waals surface area contributed by atoms with Crippen LogP contribution in [-0.2, 0) is 32.7 Å². The SMILES string of the molecule is CCCCCCC/C=C\C/C=C\C/C=C\CCCCCCCCCCCCC(=O)OC(COC(=O)CCCCCCCCCCCCCCCCCCC/C=C\C/C=C\CCCCCCC)COP(=O)(O)OCCN. The van der Waals surface area contributed by atoms with Gasteiger partial charge in [-0.25, -0.2) is 4.57 Å². The van der Waals surface area contributed by atoms with Crippen LogP contribution in [0, 0.1) is 0 Å². The highest BCUT2D eigenvalue weighted by Crippen LogP contribution is 2.43. The standard InChI is InChI=1S/C65H120NO8P/c1-3-5-7-9-11-13-15-17-19-21-23-25-27-29-30-31-32-34-35-37-39-41-43-45-47-49-51-53-55-57-64(67)71-61-63(62-73-75(69,70)72-60-59-66)74-65(68)58-56-54-52-50-48-46-44-42-40-38-36-33-28-26-24-22-20-18-16-14-12-10-8-6-4-2/h15-18,21-24,28,33,63H,3-14,19-20,25-27,29-32,34-62,66H2,1-2H3,(H,69,70)/b17-15-,18-16-,23-21-,24-22-,33-28-. The molecule has 0 saturated heterocycles. The fourth-order valence-electron chi connectivity index (χ4n) is 9.15. The molecule has 10 heteroatoms. The number of carbonyl (C=O) groups excluding carboxylic acids is 2. The average molecular weight is 1070 g/mol. The van der Waals surface area contributed by atoms with Gasteiger partial charge in [0.25, 0.3) is 0 Å². The van der Waals surface area contributed by atoms with Gasteiger partial charge in [-0.05, 0) is 83.5 Å². The van der Waals surface area contributed by atoms with Crippen LogP contribution in [0.3, 0.4) is 0 Å². The zero-order valence-corrected chi connectivity index (χ0v) is 49.9. The number of allylic oxidation sites excluding steroid dienone is 10. The molecule has 2 atom stereocenters. The maximum atomic E-state index is 12.7. The Bertz CT molecular complexity index is 1410. The first-order valence-electron chi connectivity index (χ1n) is 31.8. The molecule has 0 heterocycles. The van der Waals surface area contributed by atoms with Crippen molar-refractivity contribution in [3.63, 3.8) is 0 Å². The number of rotatable bonds is 60. The van der Waals surface area contributed by atoms with Gasteiger partial charge in [-0.2, -0.15) is 0 Å². The van der Waals surface area contributed by atoms with Gasteiger partial charge in [-0.1, -0.05) is 274 Å². The summed E-state index contributed by atoms with van der Waals surface area (Å²) in [6.07, 6.45) is 77.2. The Morgan fingerprint density at radius 1 is 0.400 bits per heavy atom. The lowest BCUT2D eigenvalue weighted by atomic mass is 10.0. The fourth-order valence-corrected chi connectivity index (χ4v) is 9.91. The summed E-state index contributed by atoms with van der Waals surface area (Å²) in [5.41, 5.74) is 5.39. The van der Waals surface area contributed by atoms with Crippen LogP contribution < -0.4 is 5.73 Å². The Kier molecular flexibility index (Phi) is 59.1. The first-order chi connectivity index (χ1) is 36.8. The van der Waals surface area contributed by atoms with E-state index in [1.807, 2.05) is 0 Å². The normalized spacial score (nSPS) is 13.4. The van der Waals surface area contributed by atoms with Gasteiger partial charge in [0.2, 0.25) is 0 Å². The summed E-state index contributed by atoms with van der Waals surface area (Å²) in [4.78, 5) is 35.3. The van der Waals surface area contributed by atoms with Gasteiger partial charge < -0.3 is 20.1 Å². The number of esters is 2.